The quantitative estimate of drug-likeness (QED) is 0.0372. The second-order valence-electron chi connectivity index (χ2n) is 30.6. The first-order chi connectivity index (χ1) is 53.7. The lowest BCUT2D eigenvalue weighted by Crippen LogP contribution is -2.48. The fourth-order valence-corrected chi connectivity index (χ4v) is 17.8. The van der Waals surface area contributed by atoms with Gasteiger partial charge in [0.15, 0.2) is 23.1 Å². The normalized spacial score (nSPS) is 20.2. The molecule has 112 heavy (non-hydrogen) atoms. The van der Waals surface area contributed by atoms with Crippen LogP contribution in [-0.2, 0) is 28.8 Å². The lowest BCUT2D eigenvalue weighted by Gasteiger charge is -2.30. The van der Waals surface area contributed by atoms with Crippen molar-refractivity contribution in [1.29, 1.82) is 0 Å². The molecule has 24 nitrogen and oxygen atoms in total. The number of carbonyl (C=O) groups excluding carboxylic acids is 6. The van der Waals surface area contributed by atoms with Gasteiger partial charge in [0, 0.05) is 74.7 Å². The van der Waals surface area contributed by atoms with Crippen molar-refractivity contribution in [3.63, 3.8) is 0 Å². The van der Waals surface area contributed by atoms with Crippen LogP contribution in [0.1, 0.15) is 193 Å². The number of aliphatic hydroxyl groups excluding tert-OH is 3. The van der Waals surface area contributed by atoms with E-state index in [0.29, 0.717) is 59.8 Å². The van der Waals surface area contributed by atoms with Gasteiger partial charge in [0.1, 0.15) is 35.4 Å². The van der Waals surface area contributed by atoms with E-state index in [-0.39, 0.29) is 110 Å². The Kier molecular flexibility index (Phi) is 28.1. The number of benzene rings is 3. The third kappa shape index (κ3) is 20.0. The van der Waals surface area contributed by atoms with Gasteiger partial charge in [-0.2, -0.15) is 5.10 Å². The van der Waals surface area contributed by atoms with E-state index in [0.717, 1.165) is 61.1 Å². The van der Waals surface area contributed by atoms with Crippen LogP contribution >= 0.6 is 34.0 Å². The standard InChI is InChI=1S/C32H36N4O4S.C27H34N4O4S.C26H33N3O5S/c1-20(2)30(36-18-27(16-34-36)40-26-8-6-5-7-9-26)32(39)35-17-25(37)15-28(35)29(38)14-21(3)23-10-12-24(13-11-23)31-22(4)33-19-41-31;1-6-21(18-7-9-19(10-8-18)25-17(5)28-14-36-25)29-26(33)22-12-20(32)13-31(22)27(34)24(15(2)3)23-11-16(4)30-35-23;1-15(2)24(22-12-23(33-4)28-34-22)26(32)29-13-19(30)11-20(29)21(31)10-7-17-5-8-18(9-6-17)25-16(3)27-14-35-25/h5-13,16,18-21,25,28,30,37H,14-15,17H2,1-4H3;7-11,14-15,20-22,24,32H,6,12-13H2,1-5H3,(H,29,33);5-6,8,12,14-15,18-20,24,30H,7,9-11,13H2,1-4H3/t21-,25-,28+,30+;20-,21+,22+,24-;18?,19-,20+,24-/m111/s1. The Balaban J connectivity index is 0.000000167. The van der Waals surface area contributed by atoms with Gasteiger partial charge in [0.05, 0.1) is 105 Å². The molecule has 0 spiro atoms. The maximum Gasteiger partial charge on any atom is 0.254 e. The minimum Gasteiger partial charge on any atom is -0.479 e. The number of β-amino-alcohol motifs (C(OH)–C–C–N with tert-alkyl or cyclic N) is 3. The summed E-state index contributed by atoms with van der Waals surface area (Å²) in [5, 5.41) is 46.6. The molecule has 3 aliphatic heterocycles. The molecule has 27 heteroatoms. The second kappa shape index (κ2) is 37.8. The fraction of sp³-hybridized carbons (Fsp3) is 0.459. The van der Waals surface area contributed by atoms with Crippen molar-refractivity contribution in [2.45, 2.75) is 207 Å². The summed E-state index contributed by atoms with van der Waals surface area (Å²) in [5.74, 6) is 0.266. The topological polar surface area (TPSA) is 312 Å². The number of hydrogen-bond acceptors (Lipinski definition) is 22. The number of thiazole rings is 3. The molecule has 4 N–H and O–H groups in total. The molecule has 1 aliphatic carbocycles. The van der Waals surface area contributed by atoms with E-state index in [1.807, 2.05) is 147 Å². The number of allylic oxidation sites excluding steroid dienone is 4. The minimum absolute atomic E-state index is 0.0257. The number of aromatic nitrogens is 7. The maximum absolute atomic E-state index is 13.9. The van der Waals surface area contributed by atoms with Gasteiger partial charge in [0.25, 0.3) is 5.88 Å². The molecule has 6 aromatic heterocycles. The summed E-state index contributed by atoms with van der Waals surface area (Å²) >= 11 is 4.89. The first-order valence-corrected chi connectivity index (χ1v) is 41.1. The summed E-state index contributed by atoms with van der Waals surface area (Å²) in [7, 11) is 1.48. The minimum atomic E-state index is -0.754. The van der Waals surface area contributed by atoms with E-state index >= 15 is 0 Å². The van der Waals surface area contributed by atoms with Crippen LogP contribution < -0.4 is 14.8 Å². The van der Waals surface area contributed by atoms with E-state index in [9.17, 15) is 44.1 Å². The first-order valence-electron chi connectivity index (χ1n) is 38.5. The van der Waals surface area contributed by atoms with Crippen LogP contribution in [0.5, 0.6) is 17.4 Å². The van der Waals surface area contributed by atoms with Crippen molar-refractivity contribution < 1.29 is 62.6 Å². The molecule has 3 saturated heterocycles. The van der Waals surface area contributed by atoms with Gasteiger partial charge in [-0.3, -0.25) is 33.4 Å². The van der Waals surface area contributed by atoms with Crippen molar-refractivity contribution in [1.82, 2.24) is 55.1 Å². The summed E-state index contributed by atoms with van der Waals surface area (Å²) in [6.45, 7) is 23.9. The molecule has 4 aliphatic rings. The number of methoxy groups -OCH3 is 1. The van der Waals surface area contributed by atoms with Gasteiger partial charge >= 0.3 is 0 Å². The number of carbonyl (C=O) groups is 6. The lowest BCUT2D eigenvalue weighted by molar-refractivity contribution is -0.142. The number of hydrogen-bond donors (Lipinski definition) is 4. The number of para-hydroxylation sites is 1. The summed E-state index contributed by atoms with van der Waals surface area (Å²) in [6, 6.07) is 26.2. The van der Waals surface area contributed by atoms with Crippen LogP contribution in [0.2, 0.25) is 0 Å². The van der Waals surface area contributed by atoms with Crippen LogP contribution in [0.25, 0.3) is 20.9 Å². The largest absolute Gasteiger partial charge is 0.479 e. The number of aliphatic hydroxyl groups is 3. The van der Waals surface area contributed by atoms with Crippen molar-refractivity contribution in [3.8, 4) is 38.3 Å². The van der Waals surface area contributed by atoms with Crippen LogP contribution in [0.3, 0.4) is 0 Å². The predicted molar refractivity (Wildman–Crippen MR) is 430 cm³/mol. The Labute approximate surface area is 666 Å². The van der Waals surface area contributed by atoms with E-state index < -0.39 is 54.3 Å². The van der Waals surface area contributed by atoms with E-state index in [2.05, 4.69) is 78.2 Å². The SMILES string of the molecule is CC[C@H](NC(=O)[C@@H]1C[C@@H](O)CN1C(=O)[C@@H](c1cc(C)no1)C(C)C)c1ccc(-c2scnc2C)cc1.COc1cc([C@H](C(=O)N2C[C@H](O)C[C@H]2C(=O)CCC2=CCC(c3scnc3C)C=C2)C(C)C)on1.Cc1ncsc1-c1ccc([C@H](C)CC(=O)[C@@H]2C[C@@H](O)CN2C(=O)[C@H](C(C)C)n2cc(Oc3ccccc3)cn2)cc1. The van der Waals surface area contributed by atoms with Crippen LogP contribution in [0.15, 0.2) is 153 Å². The predicted octanol–water partition coefficient (Wildman–Crippen LogP) is 14.6. The van der Waals surface area contributed by atoms with Crippen molar-refractivity contribution in [3.05, 3.63) is 194 Å². The molecule has 0 bridgehead atoms. The van der Waals surface area contributed by atoms with Crippen molar-refractivity contribution >= 4 is 69.2 Å². The third-order valence-corrected chi connectivity index (χ3v) is 24.3. The zero-order valence-electron chi connectivity index (χ0n) is 65.8. The smallest absolute Gasteiger partial charge is 0.254 e. The Morgan fingerprint density at radius 1 is 0.616 bits per heavy atom. The average Bonchev–Trinajstić information content (AvgIpc) is 1.65. The number of nitrogens with one attached hydrogen (secondary N) is 1. The van der Waals surface area contributed by atoms with Gasteiger partial charge in [0.2, 0.25) is 23.6 Å². The molecule has 0 radical (unpaired) electrons. The van der Waals surface area contributed by atoms with Crippen LogP contribution in [0, 0.1) is 45.4 Å². The molecule has 4 amide bonds. The molecule has 3 aromatic carbocycles. The number of Topliss-reactive ketones (excluding diaryl/α,β-unsaturated/α-hetero) is 2. The molecule has 9 heterocycles. The van der Waals surface area contributed by atoms with Gasteiger partial charge in [-0.15, -0.1) is 34.0 Å². The molecule has 3 fully saturated rings. The highest BCUT2D eigenvalue weighted by molar-refractivity contribution is 7.13. The first kappa shape index (κ1) is 83.3. The summed E-state index contributed by atoms with van der Waals surface area (Å²) < 4.78 is 23.4. The highest BCUT2D eigenvalue weighted by Gasteiger charge is 2.47. The third-order valence-electron chi connectivity index (χ3n) is 21.3. The Bertz CT molecular complexity index is 4730. The monoisotopic (exact) mass is 1580 g/mol. The van der Waals surface area contributed by atoms with Gasteiger partial charge < -0.3 is 53.9 Å². The molecular formula is C85H103N11O13S3. The van der Waals surface area contributed by atoms with Crippen LogP contribution in [0.4, 0.5) is 0 Å². The molecule has 594 valence electrons. The van der Waals surface area contributed by atoms with E-state index in [1.54, 1.807) is 75.0 Å². The average molecular weight is 1580 g/mol. The molecule has 13 rings (SSSR count). The highest BCUT2D eigenvalue weighted by Crippen LogP contribution is 2.39. The zero-order chi connectivity index (χ0) is 80.2. The highest BCUT2D eigenvalue weighted by atomic mass is 32.1. The number of aryl methyl sites for hydroxylation is 4. The lowest BCUT2D eigenvalue weighted by atomic mass is 9.90. The summed E-state index contributed by atoms with van der Waals surface area (Å²) in [6.07, 6.45) is 11.1. The van der Waals surface area contributed by atoms with Crippen molar-refractivity contribution in [2.24, 2.45) is 17.8 Å². The molecule has 1 unspecified atom stereocenters. The van der Waals surface area contributed by atoms with Crippen LogP contribution in [-0.4, -0.2) is 163 Å². The Hall–Kier alpha value is -9.64. The van der Waals surface area contributed by atoms with Gasteiger partial charge in [-0.1, -0.05) is 151 Å². The molecule has 12 atom stereocenters. The summed E-state index contributed by atoms with van der Waals surface area (Å²) in [4.78, 5) is 102. The number of rotatable bonds is 27. The number of nitrogens with zero attached hydrogens (tertiary/aromatic N) is 10. The van der Waals surface area contributed by atoms with Gasteiger partial charge in [-0.05, 0) is 110 Å². The summed E-state index contributed by atoms with van der Waals surface area (Å²) in [5.41, 5.74) is 14.7. The number of ether oxygens (including phenoxy) is 2. The molecule has 0 saturated carbocycles. The van der Waals surface area contributed by atoms with E-state index in [4.69, 9.17) is 18.5 Å². The Morgan fingerprint density at radius 2 is 1.15 bits per heavy atom. The van der Waals surface area contributed by atoms with E-state index in [1.165, 1.54) is 21.8 Å². The molecular weight excluding hydrogens is 1480 g/mol. The fourth-order valence-electron chi connectivity index (χ4n) is 15.3. The number of ketones is 2. The zero-order valence-corrected chi connectivity index (χ0v) is 68.3. The number of amides is 4. The van der Waals surface area contributed by atoms with Crippen molar-refractivity contribution in [2.75, 3.05) is 26.7 Å². The van der Waals surface area contributed by atoms with Gasteiger partial charge in [-0.25, -0.2) is 15.0 Å². The maximum atomic E-state index is 13.9. The number of likely N-dealkylation sites (tertiary alicyclic amines) is 3. The Morgan fingerprint density at radius 3 is 1.65 bits per heavy atom. The molecule has 9 aromatic rings. The second-order valence-corrected chi connectivity index (χ2v) is 33.2.